The standard InChI is InChI=1S/C16H14FNO3S/c1-22(20,21)18-15-9-5-13(6-10-15)16(19)11-4-12-2-7-14(17)8-3-12/h2-11,18H,1H3/b11-4+. The van der Waals surface area contributed by atoms with E-state index in [1.165, 1.54) is 42.5 Å². The topological polar surface area (TPSA) is 63.2 Å². The van der Waals surface area contributed by atoms with Gasteiger partial charge in [-0.1, -0.05) is 18.2 Å². The lowest BCUT2D eigenvalue weighted by atomic mass is 10.1. The first kappa shape index (κ1) is 15.9. The van der Waals surface area contributed by atoms with Crippen molar-refractivity contribution in [2.75, 3.05) is 11.0 Å². The van der Waals surface area contributed by atoms with Crippen LogP contribution in [0.3, 0.4) is 0 Å². The average molecular weight is 319 g/mol. The molecule has 0 fully saturated rings. The van der Waals surface area contributed by atoms with Crippen LogP contribution in [0.25, 0.3) is 6.08 Å². The third-order valence-corrected chi connectivity index (χ3v) is 3.38. The Morgan fingerprint density at radius 2 is 1.64 bits per heavy atom. The summed E-state index contributed by atoms with van der Waals surface area (Å²) in [6, 6.07) is 11.9. The number of anilines is 1. The van der Waals surface area contributed by atoms with Gasteiger partial charge in [0.25, 0.3) is 0 Å². The van der Waals surface area contributed by atoms with Crippen LogP contribution in [0.15, 0.2) is 54.6 Å². The van der Waals surface area contributed by atoms with Crippen LogP contribution in [-0.4, -0.2) is 20.5 Å². The number of ketones is 1. The van der Waals surface area contributed by atoms with Gasteiger partial charge in [0.15, 0.2) is 5.78 Å². The normalized spacial score (nSPS) is 11.5. The van der Waals surface area contributed by atoms with Gasteiger partial charge in [-0.25, -0.2) is 12.8 Å². The molecule has 0 atom stereocenters. The van der Waals surface area contributed by atoms with Gasteiger partial charge in [0.2, 0.25) is 10.0 Å². The Morgan fingerprint density at radius 3 is 2.18 bits per heavy atom. The summed E-state index contributed by atoms with van der Waals surface area (Å²) in [4.78, 5) is 12.0. The first-order valence-corrected chi connectivity index (χ1v) is 8.28. The lowest BCUT2D eigenvalue weighted by Crippen LogP contribution is -2.09. The minimum Gasteiger partial charge on any atom is -0.289 e. The number of nitrogens with one attached hydrogen (secondary N) is 1. The molecule has 1 N–H and O–H groups in total. The summed E-state index contributed by atoms with van der Waals surface area (Å²) in [7, 11) is -3.34. The lowest BCUT2D eigenvalue weighted by molar-refractivity contribution is 0.104. The molecule has 22 heavy (non-hydrogen) atoms. The molecular weight excluding hydrogens is 305 g/mol. The Labute approximate surface area is 128 Å². The molecule has 0 aliphatic carbocycles. The van der Waals surface area contributed by atoms with Crippen LogP contribution in [0.4, 0.5) is 10.1 Å². The summed E-state index contributed by atoms with van der Waals surface area (Å²) in [6.07, 6.45) is 4.02. The highest BCUT2D eigenvalue weighted by molar-refractivity contribution is 7.92. The van der Waals surface area contributed by atoms with Crippen molar-refractivity contribution < 1.29 is 17.6 Å². The molecular formula is C16H14FNO3S. The maximum atomic E-state index is 12.8. The molecule has 0 aliphatic heterocycles. The van der Waals surface area contributed by atoms with Gasteiger partial charge in [-0.2, -0.15) is 0 Å². The summed E-state index contributed by atoms with van der Waals surface area (Å²) >= 11 is 0. The van der Waals surface area contributed by atoms with Crippen molar-refractivity contribution in [2.45, 2.75) is 0 Å². The number of hydrogen-bond donors (Lipinski definition) is 1. The first-order valence-electron chi connectivity index (χ1n) is 6.39. The van der Waals surface area contributed by atoms with Crippen molar-refractivity contribution in [3.8, 4) is 0 Å². The van der Waals surface area contributed by atoms with E-state index in [0.29, 0.717) is 16.8 Å². The van der Waals surface area contributed by atoms with E-state index in [2.05, 4.69) is 4.72 Å². The summed E-state index contributed by atoms with van der Waals surface area (Å²) in [6.45, 7) is 0. The fourth-order valence-corrected chi connectivity index (χ4v) is 2.32. The van der Waals surface area contributed by atoms with Gasteiger partial charge in [0, 0.05) is 11.3 Å². The van der Waals surface area contributed by atoms with Gasteiger partial charge in [0.05, 0.1) is 6.26 Å². The highest BCUT2D eigenvalue weighted by Crippen LogP contribution is 2.12. The molecule has 0 aliphatic rings. The zero-order valence-electron chi connectivity index (χ0n) is 11.8. The predicted molar refractivity (Wildman–Crippen MR) is 84.7 cm³/mol. The molecule has 114 valence electrons. The summed E-state index contributed by atoms with van der Waals surface area (Å²) in [5.41, 5.74) is 1.53. The Balaban J connectivity index is 2.08. The number of hydrogen-bond acceptors (Lipinski definition) is 3. The molecule has 2 aromatic rings. The molecule has 6 heteroatoms. The third-order valence-electron chi connectivity index (χ3n) is 2.77. The Kier molecular flexibility index (Phi) is 4.72. The van der Waals surface area contributed by atoms with Crippen LogP contribution in [0, 0.1) is 5.82 Å². The third kappa shape index (κ3) is 4.82. The number of sulfonamides is 1. The van der Waals surface area contributed by atoms with Crippen LogP contribution < -0.4 is 4.72 Å². The van der Waals surface area contributed by atoms with Crippen LogP contribution in [0.2, 0.25) is 0 Å². The van der Waals surface area contributed by atoms with Crippen molar-refractivity contribution in [1.29, 1.82) is 0 Å². The highest BCUT2D eigenvalue weighted by atomic mass is 32.2. The molecule has 0 aromatic heterocycles. The zero-order chi connectivity index (χ0) is 16.2. The molecule has 2 aromatic carbocycles. The van der Waals surface area contributed by atoms with Gasteiger partial charge < -0.3 is 0 Å². The summed E-state index contributed by atoms with van der Waals surface area (Å²) in [5.74, 6) is -0.562. The van der Waals surface area contributed by atoms with E-state index in [4.69, 9.17) is 0 Å². The lowest BCUT2D eigenvalue weighted by Gasteiger charge is -2.03. The van der Waals surface area contributed by atoms with Crippen LogP contribution in [-0.2, 0) is 10.0 Å². The fraction of sp³-hybridized carbons (Fsp3) is 0.0625. The van der Waals surface area contributed by atoms with Gasteiger partial charge in [-0.15, -0.1) is 0 Å². The zero-order valence-corrected chi connectivity index (χ0v) is 12.6. The minimum atomic E-state index is -3.34. The van der Waals surface area contributed by atoms with E-state index in [1.807, 2.05) is 0 Å². The van der Waals surface area contributed by atoms with Crippen molar-refractivity contribution in [1.82, 2.24) is 0 Å². The molecule has 4 nitrogen and oxygen atoms in total. The van der Waals surface area contributed by atoms with Crippen LogP contribution in [0.1, 0.15) is 15.9 Å². The van der Waals surface area contributed by atoms with E-state index in [-0.39, 0.29) is 11.6 Å². The van der Waals surface area contributed by atoms with Gasteiger partial charge >= 0.3 is 0 Å². The molecule has 0 unspecified atom stereocenters. The van der Waals surface area contributed by atoms with E-state index in [0.717, 1.165) is 6.26 Å². The number of halogens is 1. The molecule has 0 amide bonds. The molecule has 0 saturated carbocycles. The molecule has 2 rings (SSSR count). The fourth-order valence-electron chi connectivity index (χ4n) is 1.76. The van der Waals surface area contributed by atoms with Crippen molar-refractivity contribution in [3.63, 3.8) is 0 Å². The smallest absolute Gasteiger partial charge is 0.229 e. The quantitative estimate of drug-likeness (QED) is 0.680. The first-order chi connectivity index (χ1) is 10.3. The molecule has 0 saturated heterocycles. The monoisotopic (exact) mass is 319 g/mol. The van der Waals surface area contributed by atoms with Gasteiger partial charge in [-0.3, -0.25) is 9.52 Å². The second-order valence-electron chi connectivity index (χ2n) is 4.70. The average Bonchev–Trinajstić information content (AvgIpc) is 2.45. The van der Waals surface area contributed by atoms with Crippen molar-refractivity contribution >= 4 is 27.6 Å². The number of allylic oxidation sites excluding steroid dienone is 1. The van der Waals surface area contributed by atoms with Gasteiger partial charge in [-0.05, 0) is 48.0 Å². The maximum absolute atomic E-state index is 12.8. The molecule has 0 bridgehead atoms. The molecule has 0 heterocycles. The number of rotatable bonds is 5. The van der Waals surface area contributed by atoms with E-state index in [1.54, 1.807) is 18.2 Å². The van der Waals surface area contributed by atoms with Crippen molar-refractivity contribution in [2.24, 2.45) is 0 Å². The minimum absolute atomic E-state index is 0.227. The Hall–Kier alpha value is -2.47. The maximum Gasteiger partial charge on any atom is 0.229 e. The summed E-state index contributed by atoms with van der Waals surface area (Å²) in [5, 5.41) is 0. The second-order valence-corrected chi connectivity index (χ2v) is 6.45. The highest BCUT2D eigenvalue weighted by Gasteiger charge is 2.04. The largest absolute Gasteiger partial charge is 0.289 e. The van der Waals surface area contributed by atoms with Crippen molar-refractivity contribution in [3.05, 3.63) is 71.6 Å². The van der Waals surface area contributed by atoms with Crippen LogP contribution >= 0.6 is 0 Å². The molecule has 0 spiro atoms. The summed E-state index contributed by atoms with van der Waals surface area (Å²) < 4.78 is 37.3. The Morgan fingerprint density at radius 1 is 1.05 bits per heavy atom. The van der Waals surface area contributed by atoms with Crippen LogP contribution in [0.5, 0.6) is 0 Å². The number of carbonyl (C=O) groups is 1. The predicted octanol–water partition coefficient (Wildman–Crippen LogP) is 3.09. The Bertz CT molecular complexity index is 794. The molecule has 0 radical (unpaired) electrons. The number of carbonyl (C=O) groups excluding carboxylic acids is 1. The SMILES string of the molecule is CS(=O)(=O)Nc1ccc(C(=O)/C=C/c2ccc(F)cc2)cc1. The van der Waals surface area contributed by atoms with E-state index >= 15 is 0 Å². The second kappa shape index (κ2) is 6.53. The van der Waals surface area contributed by atoms with E-state index < -0.39 is 10.0 Å². The van der Waals surface area contributed by atoms with Gasteiger partial charge in [0.1, 0.15) is 5.82 Å². The van der Waals surface area contributed by atoms with E-state index in [9.17, 15) is 17.6 Å². The number of benzene rings is 2.